The Hall–Kier alpha value is -0.900. The van der Waals surface area contributed by atoms with Gasteiger partial charge in [0.15, 0.2) is 5.82 Å². The Balaban J connectivity index is 1.83. The van der Waals surface area contributed by atoms with Gasteiger partial charge < -0.3 is 10.3 Å². The fourth-order valence-electron chi connectivity index (χ4n) is 2.56. The molecule has 1 atom stereocenters. The first-order valence-corrected chi connectivity index (χ1v) is 6.86. The summed E-state index contributed by atoms with van der Waals surface area (Å²) in [4.78, 5) is 4.40. The minimum Gasteiger partial charge on any atom is -0.339 e. The molecule has 4 nitrogen and oxygen atoms in total. The van der Waals surface area contributed by atoms with Crippen molar-refractivity contribution in [2.45, 2.75) is 64.3 Å². The van der Waals surface area contributed by atoms with Gasteiger partial charge in [0.05, 0.1) is 0 Å². The molecule has 4 heteroatoms. The Kier molecular flexibility index (Phi) is 4.54. The molecule has 0 saturated heterocycles. The van der Waals surface area contributed by atoms with E-state index in [1.54, 1.807) is 0 Å². The first kappa shape index (κ1) is 12.6. The molecular weight excluding hydrogens is 214 g/mol. The van der Waals surface area contributed by atoms with Crippen molar-refractivity contribution in [3.63, 3.8) is 0 Å². The summed E-state index contributed by atoms with van der Waals surface area (Å²) in [6, 6.07) is 0.192. The number of aryl methyl sites for hydroxylation is 1. The minimum atomic E-state index is 0.192. The van der Waals surface area contributed by atoms with Crippen LogP contribution in [0.15, 0.2) is 4.52 Å². The SMILES string of the molecule is CCCCc1noc(CC(N)C2CCCC2)n1. The van der Waals surface area contributed by atoms with Crippen molar-refractivity contribution in [1.82, 2.24) is 10.1 Å². The number of nitrogens with zero attached hydrogens (tertiary/aromatic N) is 2. The molecule has 1 heterocycles. The molecule has 0 spiro atoms. The lowest BCUT2D eigenvalue weighted by atomic mass is 9.96. The summed E-state index contributed by atoms with van der Waals surface area (Å²) >= 11 is 0. The van der Waals surface area contributed by atoms with Gasteiger partial charge in [0.25, 0.3) is 0 Å². The van der Waals surface area contributed by atoms with E-state index in [1.807, 2.05) is 0 Å². The standard InChI is InChI=1S/C13H23N3O/c1-2-3-8-12-15-13(17-16-12)9-11(14)10-6-4-5-7-10/h10-11H,2-9,14H2,1H3. The molecule has 0 amide bonds. The maximum Gasteiger partial charge on any atom is 0.228 e. The van der Waals surface area contributed by atoms with E-state index >= 15 is 0 Å². The highest BCUT2D eigenvalue weighted by molar-refractivity contribution is 4.91. The summed E-state index contributed by atoms with van der Waals surface area (Å²) in [6.45, 7) is 2.16. The van der Waals surface area contributed by atoms with Crippen LogP contribution in [0.2, 0.25) is 0 Å². The Morgan fingerprint density at radius 3 is 2.88 bits per heavy atom. The number of rotatable bonds is 6. The third-order valence-corrected chi connectivity index (χ3v) is 3.68. The second kappa shape index (κ2) is 6.15. The van der Waals surface area contributed by atoms with Gasteiger partial charge in [-0.1, -0.05) is 31.3 Å². The lowest BCUT2D eigenvalue weighted by molar-refractivity contribution is 0.338. The summed E-state index contributed by atoms with van der Waals surface area (Å²) < 4.78 is 5.25. The molecule has 1 aromatic heterocycles. The number of nitrogens with two attached hydrogens (primary N) is 1. The van der Waals surface area contributed by atoms with Crippen molar-refractivity contribution in [3.05, 3.63) is 11.7 Å². The smallest absolute Gasteiger partial charge is 0.228 e. The van der Waals surface area contributed by atoms with E-state index in [9.17, 15) is 0 Å². The third-order valence-electron chi connectivity index (χ3n) is 3.68. The van der Waals surface area contributed by atoms with Crippen molar-refractivity contribution in [2.75, 3.05) is 0 Å². The van der Waals surface area contributed by atoms with Crippen LogP contribution in [0.25, 0.3) is 0 Å². The molecule has 2 N–H and O–H groups in total. The lowest BCUT2D eigenvalue weighted by Crippen LogP contribution is -2.30. The molecule has 1 aliphatic carbocycles. The second-order valence-corrected chi connectivity index (χ2v) is 5.12. The molecule has 0 aromatic carbocycles. The van der Waals surface area contributed by atoms with E-state index in [4.69, 9.17) is 10.3 Å². The van der Waals surface area contributed by atoms with Crippen molar-refractivity contribution < 1.29 is 4.52 Å². The van der Waals surface area contributed by atoms with Crippen LogP contribution in [0.3, 0.4) is 0 Å². The molecule has 17 heavy (non-hydrogen) atoms. The van der Waals surface area contributed by atoms with Crippen LogP contribution in [0.1, 0.15) is 57.2 Å². The summed E-state index contributed by atoms with van der Waals surface area (Å²) in [6.07, 6.45) is 9.10. The van der Waals surface area contributed by atoms with Crippen molar-refractivity contribution in [2.24, 2.45) is 11.7 Å². The molecule has 1 saturated carbocycles. The zero-order valence-corrected chi connectivity index (χ0v) is 10.7. The molecule has 1 fully saturated rings. The van der Waals surface area contributed by atoms with E-state index in [0.29, 0.717) is 5.92 Å². The van der Waals surface area contributed by atoms with Gasteiger partial charge in [-0.2, -0.15) is 4.98 Å². The maximum atomic E-state index is 6.19. The average Bonchev–Trinajstić information content (AvgIpc) is 2.97. The Morgan fingerprint density at radius 1 is 1.41 bits per heavy atom. The van der Waals surface area contributed by atoms with Crippen molar-refractivity contribution in [1.29, 1.82) is 0 Å². The van der Waals surface area contributed by atoms with E-state index in [2.05, 4.69) is 17.1 Å². The number of hydrogen-bond acceptors (Lipinski definition) is 4. The Bertz CT molecular complexity index is 331. The topological polar surface area (TPSA) is 64.9 Å². The van der Waals surface area contributed by atoms with Crippen LogP contribution < -0.4 is 5.73 Å². The second-order valence-electron chi connectivity index (χ2n) is 5.12. The third kappa shape index (κ3) is 3.53. The molecule has 0 aliphatic heterocycles. The van der Waals surface area contributed by atoms with Crippen LogP contribution >= 0.6 is 0 Å². The zero-order chi connectivity index (χ0) is 12.1. The van der Waals surface area contributed by atoms with Crippen LogP contribution in [0, 0.1) is 5.92 Å². The highest BCUT2D eigenvalue weighted by Crippen LogP contribution is 2.27. The maximum absolute atomic E-state index is 6.19. The summed E-state index contributed by atoms with van der Waals surface area (Å²) in [5.74, 6) is 2.21. The van der Waals surface area contributed by atoms with E-state index in [1.165, 1.54) is 25.7 Å². The predicted octanol–water partition coefficient (Wildman–Crippen LogP) is 2.47. The van der Waals surface area contributed by atoms with Gasteiger partial charge in [-0.15, -0.1) is 0 Å². The molecule has 0 bridgehead atoms. The molecule has 1 unspecified atom stereocenters. The van der Waals surface area contributed by atoms with Crippen molar-refractivity contribution >= 4 is 0 Å². The normalized spacial score (nSPS) is 18.7. The van der Waals surface area contributed by atoms with Gasteiger partial charge in [-0.05, 0) is 25.2 Å². The van der Waals surface area contributed by atoms with E-state index < -0.39 is 0 Å². The average molecular weight is 237 g/mol. The predicted molar refractivity (Wildman–Crippen MR) is 66.5 cm³/mol. The minimum absolute atomic E-state index is 0.192. The summed E-state index contributed by atoms with van der Waals surface area (Å²) in [5, 5.41) is 3.99. The molecular formula is C13H23N3O. The number of unbranched alkanes of at least 4 members (excludes halogenated alkanes) is 1. The van der Waals surface area contributed by atoms with Gasteiger partial charge in [0.1, 0.15) is 0 Å². The van der Waals surface area contributed by atoms with Crippen molar-refractivity contribution in [3.8, 4) is 0 Å². The fraction of sp³-hybridized carbons (Fsp3) is 0.846. The molecule has 96 valence electrons. The number of hydrogen-bond donors (Lipinski definition) is 1. The van der Waals surface area contributed by atoms with E-state index in [0.717, 1.165) is 37.4 Å². The van der Waals surface area contributed by atoms with Crippen LogP contribution in [-0.2, 0) is 12.8 Å². The molecule has 2 rings (SSSR count). The lowest BCUT2D eigenvalue weighted by Gasteiger charge is -2.16. The summed E-state index contributed by atoms with van der Waals surface area (Å²) in [5.41, 5.74) is 6.19. The molecule has 0 radical (unpaired) electrons. The zero-order valence-electron chi connectivity index (χ0n) is 10.7. The highest BCUT2D eigenvalue weighted by Gasteiger charge is 2.23. The van der Waals surface area contributed by atoms with Gasteiger partial charge in [-0.25, -0.2) is 0 Å². The monoisotopic (exact) mass is 237 g/mol. The quantitative estimate of drug-likeness (QED) is 0.825. The van der Waals surface area contributed by atoms with Gasteiger partial charge in [0, 0.05) is 18.9 Å². The summed E-state index contributed by atoms with van der Waals surface area (Å²) in [7, 11) is 0. The van der Waals surface area contributed by atoms with Gasteiger partial charge in [0.2, 0.25) is 5.89 Å². The largest absolute Gasteiger partial charge is 0.339 e. The molecule has 1 aromatic rings. The Morgan fingerprint density at radius 2 is 2.18 bits per heavy atom. The van der Waals surface area contributed by atoms with E-state index in [-0.39, 0.29) is 6.04 Å². The highest BCUT2D eigenvalue weighted by atomic mass is 16.5. The first-order valence-electron chi connectivity index (χ1n) is 6.86. The Labute approximate surface area is 103 Å². The van der Waals surface area contributed by atoms with Gasteiger partial charge in [-0.3, -0.25) is 0 Å². The van der Waals surface area contributed by atoms with Crippen LogP contribution in [-0.4, -0.2) is 16.2 Å². The van der Waals surface area contributed by atoms with Crippen LogP contribution in [0.5, 0.6) is 0 Å². The van der Waals surface area contributed by atoms with Gasteiger partial charge >= 0.3 is 0 Å². The van der Waals surface area contributed by atoms with Crippen LogP contribution in [0.4, 0.5) is 0 Å². The fourth-order valence-corrected chi connectivity index (χ4v) is 2.56. The molecule has 1 aliphatic rings. The number of aromatic nitrogens is 2. The first-order chi connectivity index (χ1) is 8.29.